The number of aryl methyl sites for hydroxylation is 2. The van der Waals surface area contributed by atoms with E-state index >= 15 is 0 Å². The van der Waals surface area contributed by atoms with Crippen molar-refractivity contribution >= 4 is 39.1 Å². The average Bonchev–Trinajstić information content (AvgIpc) is 2.85. The summed E-state index contributed by atoms with van der Waals surface area (Å²) in [5, 5.41) is 3.46. The molecule has 0 aliphatic carbocycles. The van der Waals surface area contributed by atoms with Crippen molar-refractivity contribution in [3.8, 4) is 0 Å². The first kappa shape index (κ1) is 31.2. The van der Waals surface area contributed by atoms with Gasteiger partial charge in [0.25, 0.3) is 0 Å². The van der Waals surface area contributed by atoms with Crippen LogP contribution in [0.1, 0.15) is 43.0 Å². The minimum absolute atomic E-state index is 0.0258. The van der Waals surface area contributed by atoms with Gasteiger partial charge in [-0.25, -0.2) is 8.42 Å². The fraction of sp³-hybridized carbons (Fsp3) is 0.355. The molecular weight excluding hydrogens is 546 g/mol. The van der Waals surface area contributed by atoms with Crippen LogP contribution in [0, 0.1) is 13.8 Å². The van der Waals surface area contributed by atoms with Crippen LogP contribution < -0.4 is 9.62 Å². The number of carbonyl (C=O) groups excluding carboxylic acids is 2. The summed E-state index contributed by atoms with van der Waals surface area (Å²) >= 11 is 6.49. The zero-order chi connectivity index (χ0) is 29.7. The Balaban J connectivity index is 2.10. The molecule has 2 amide bonds. The fourth-order valence-electron chi connectivity index (χ4n) is 4.50. The highest BCUT2D eigenvalue weighted by atomic mass is 35.5. The molecule has 0 aromatic heterocycles. The molecule has 0 saturated heterocycles. The summed E-state index contributed by atoms with van der Waals surface area (Å²) in [4.78, 5) is 29.4. The Bertz CT molecular complexity index is 1450. The standard InChI is InChI=1S/C31H38ClN3O4S/c1-22-16-17-27(23(2)18-22)35(40(6,38)39)21-29(36)34(20-25-14-10-11-15-26(25)32)28(30(37)33-31(3,4)5)19-24-12-8-7-9-13-24/h7-18,28H,19-21H2,1-6H3,(H,33,37)/t28-/m1/s1. The monoisotopic (exact) mass is 583 g/mol. The number of hydrogen-bond donors (Lipinski definition) is 1. The van der Waals surface area contributed by atoms with Gasteiger partial charge in [-0.05, 0) is 63.4 Å². The normalized spacial score (nSPS) is 12.5. The van der Waals surface area contributed by atoms with Crippen molar-refractivity contribution in [3.63, 3.8) is 0 Å². The van der Waals surface area contributed by atoms with Crippen LogP contribution in [0.3, 0.4) is 0 Å². The highest BCUT2D eigenvalue weighted by Crippen LogP contribution is 2.26. The number of nitrogens with one attached hydrogen (secondary N) is 1. The number of rotatable bonds is 10. The Morgan fingerprint density at radius 2 is 1.57 bits per heavy atom. The van der Waals surface area contributed by atoms with Gasteiger partial charge in [0.05, 0.1) is 11.9 Å². The van der Waals surface area contributed by atoms with E-state index in [0.717, 1.165) is 27.3 Å². The van der Waals surface area contributed by atoms with Crippen molar-refractivity contribution in [1.29, 1.82) is 0 Å². The van der Waals surface area contributed by atoms with Crippen LogP contribution in [-0.2, 0) is 32.6 Å². The van der Waals surface area contributed by atoms with Gasteiger partial charge in [-0.1, -0.05) is 77.8 Å². The molecule has 1 atom stereocenters. The highest BCUT2D eigenvalue weighted by molar-refractivity contribution is 7.92. The van der Waals surface area contributed by atoms with E-state index in [2.05, 4.69) is 5.32 Å². The van der Waals surface area contributed by atoms with E-state index in [1.807, 2.05) is 83.1 Å². The largest absolute Gasteiger partial charge is 0.350 e. The Labute approximate surface area is 243 Å². The van der Waals surface area contributed by atoms with Crippen LogP contribution in [0.4, 0.5) is 5.69 Å². The third kappa shape index (κ3) is 8.57. The number of anilines is 1. The van der Waals surface area contributed by atoms with E-state index in [1.165, 1.54) is 4.90 Å². The Morgan fingerprint density at radius 1 is 0.950 bits per heavy atom. The Morgan fingerprint density at radius 3 is 2.15 bits per heavy atom. The lowest BCUT2D eigenvalue weighted by atomic mass is 10.0. The second kappa shape index (κ2) is 12.9. The van der Waals surface area contributed by atoms with Crippen molar-refractivity contribution in [2.45, 2.75) is 59.2 Å². The number of sulfonamides is 1. The number of carbonyl (C=O) groups is 2. The molecule has 0 aliphatic rings. The molecule has 3 aromatic carbocycles. The minimum atomic E-state index is -3.84. The van der Waals surface area contributed by atoms with Gasteiger partial charge in [0.2, 0.25) is 21.8 Å². The van der Waals surface area contributed by atoms with Crippen LogP contribution in [0.15, 0.2) is 72.8 Å². The van der Waals surface area contributed by atoms with Crippen LogP contribution in [-0.4, -0.2) is 49.5 Å². The molecule has 1 N–H and O–H groups in total. The average molecular weight is 584 g/mol. The summed E-state index contributed by atoms with van der Waals surface area (Å²) in [6.07, 6.45) is 1.31. The van der Waals surface area contributed by atoms with Crippen LogP contribution >= 0.6 is 11.6 Å². The number of halogens is 1. The van der Waals surface area contributed by atoms with Gasteiger partial charge in [-0.2, -0.15) is 0 Å². The van der Waals surface area contributed by atoms with Crippen molar-refractivity contribution < 1.29 is 18.0 Å². The van der Waals surface area contributed by atoms with E-state index in [-0.39, 0.29) is 18.9 Å². The van der Waals surface area contributed by atoms with Crippen molar-refractivity contribution in [2.24, 2.45) is 0 Å². The van der Waals surface area contributed by atoms with Gasteiger partial charge in [0.1, 0.15) is 12.6 Å². The number of nitrogens with zero attached hydrogens (tertiary/aromatic N) is 2. The maximum Gasteiger partial charge on any atom is 0.244 e. The summed E-state index contributed by atoms with van der Waals surface area (Å²) in [6.45, 7) is 8.89. The van der Waals surface area contributed by atoms with Crippen LogP contribution in [0.25, 0.3) is 0 Å². The molecule has 0 heterocycles. The Hall–Kier alpha value is -3.36. The molecule has 0 unspecified atom stereocenters. The molecular formula is C31H38ClN3O4S. The second-order valence-corrected chi connectivity index (χ2v) is 13.4. The van der Waals surface area contributed by atoms with Crippen LogP contribution in [0.2, 0.25) is 5.02 Å². The SMILES string of the molecule is Cc1ccc(N(CC(=O)N(Cc2ccccc2Cl)[C@H](Cc2ccccc2)C(=O)NC(C)(C)C)S(C)(=O)=O)c(C)c1. The lowest BCUT2D eigenvalue weighted by Gasteiger charge is -2.35. The molecule has 0 spiro atoms. The van der Waals surface area contributed by atoms with Crippen molar-refractivity contribution in [2.75, 3.05) is 17.1 Å². The molecule has 0 radical (unpaired) electrons. The molecule has 0 bridgehead atoms. The molecule has 9 heteroatoms. The van der Waals surface area contributed by atoms with E-state index in [4.69, 9.17) is 11.6 Å². The molecule has 40 heavy (non-hydrogen) atoms. The zero-order valence-electron chi connectivity index (χ0n) is 23.9. The predicted molar refractivity (Wildman–Crippen MR) is 162 cm³/mol. The summed E-state index contributed by atoms with van der Waals surface area (Å²) < 4.78 is 27.1. The predicted octanol–water partition coefficient (Wildman–Crippen LogP) is 5.28. The van der Waals surface area contributed by atoms with Crippen LogP contribution in [0.5, 0.6) is 0 Å². The third-order valence-electron chi connectivity index (χ3n) is 6.37. The second-order valence-electron chi connectivity index (χ2n) is 11.1. The molecule has 0 fully saturated rings. The van der Waals surface area contributed by atoms with Gasteiger partial charge in [0.15, 0.2) is 0 Å². The molecule has 0 saturated carbocycles. The molecule has 7 nitrogen and oxygen atoms in total. The van der Waals surface area contributed by atoms with Gasteiger partial charge >= 0.3 is 0 Å². The molecule has 0 aliphatic heterocycles. The van der Waals surface area contributed by atoms with Gasteiger partial charge < -0.3 is 10.2 Å². The third-order valence-corrected chi connectivity index (χ3v) is 7.86. The quantitative estimate of drug-likeness (QED) is 0.352. The number of amides is 2. The van der Waals surface area contributed by atoms with E-state index in [0.29, 0.717) is 16.3 Å². The molecule has 3 aromatic rings. The summed E-state index contributed by atoms with van der Waals surface area (Å²) in [5.74, 6) is -0.857. The number of hydrogen-bond acceptors (Lipinski definition) is 4. The van der Waals surface area contributed by atoms with E-state index < -0.39 is 34.1 Å². The lowest BCUT2D eigenvalue weighted by molar-refractivity contribution is -0.140. The maximum absolute atomic E-state index is 14.2. The molecule has 3 rings (SSSR count). The topological polar surface area (TPSA) is 86.8 Å². The minimum Gasteiger partial charge on any atom is -0.350 e. The first-order chi connectivity index (χ1) is 18.7. The van der Waals surface area contributed by atoms with E-state index in [9.17, 15) is 18.0 Å². The van der Waals surface area contributed by atoms with Crippen molar-refractivity contribution in [1.82, 2.24) is 10.2 Å². The van der Waals surface area contributed by atoms with Gasteiger partial charge in [-0.15, -0.1) is 0 Å². The highest BCUT2D eigenvalue weighted by Gasteiger charge is 2.34. The van der Waals surface area contributed by atoms with E-state index in [1.54, 1.807) is 24.3 Å². The summed E-state index contributed by atoms with van der Waals surface area (Å²) in [5.41, 5.74) is 3.07. The smallest absolute Gasteiger partial charge is 0.244 e. The first-order valence-corrected chi connectivity index (χ1v) is 15.3. The van der Waals surface area contributed by atoms with Gasteiger partial charge in [0, 0.05) is 23.5 Å². The lowest BCUT2D eigenvalue weighted by Crippen LogP contribution is -2.56. The first-order valence-electron chi connectivity index (χ1n) is 13.1. The van der Waals surface area contributed by atoms with Crippen molar-refractivity contribution in [3.05, 3.63) is 100 Å². The summed E-state index contributed by atoms with van der Waals surface area (Å²) in [7, 11) is -3.84. The molecule has 214 valence electrons. The maximum atomic E-state index is 14.2. The number of benzene rings is 3. The Kier molecular flexibility index (Phi) is 10.0. The van der Waals surface area contributed by atoms with Gasteiger partial charge in [-0.3, -0.25) is 13.9 Å². The fourth-order valence-corrected chi connectivity index (χ4v) is 5.60. The zero-order valence-corrected chi connectivity index (χ0v) is 25.5. The summed E-state index contributed by atoms with van der Waals surface area (Å²) in [6, 6.07) is 21.0.